The molecule has 0 atom stereocenters. The van der Waals surface area contributed by atoms with Crippen molar-refractivity contribution in [3.8, 4) is 11.3 Å². The van der Waals surface area contributed by atoms with Gasteiger partial charge in [0.2, 0.25) is 0 Å². The maximum atomic E-state index is 11.2. The van der Waals surface area contributed by atoms with Crippen LogP contribution in [0, 0.1) is 12.8 Å². The van der Waals surface area contributed by atoms with E-state index in [9.17, 15) is 4.79 Å². The summed E-state index contributed by atoms with van der Waals surface area (Å²) in [6.07, 6.45) is 4.35. The number of hydrogen-bond acceptors (Lipinski definition) is 4. The number of imidazole rings is 1. The molecule has 4 rings (SSSR count). The van der Waals surface area contributed by atoms with Gasteiger partial charge in [-0.05, 0) is 55.5 Å². The summed E-state index contributed by atoms with van der Waals surface area (Å²) in [6.45, 7) is 2.75. The van der Waals surface area contributed by atoms with Gasteiger partial charge in [-0.2, -0.15) is 0 Å². The Morgan fingerprint density at radius 2 is 2.17 bits per heavy atom. The Bertz CT molecular complexity index is 928. The van der Waals surface area contributed by atoms with Gasteiger partial charge in [-0.15, -0.1) is 5.10 Å². The van der Waals surface area contributed by atoms with Crippen molar-refractivity contribution in [2.24, 2.45) is 5.92 Å². The summed E-state index contributed by atoms with van der Waals surface area (Å²) in [5.74, 6) is 0.686. The van der Waals surface area contributed by atoms with Crippen LogP contribution in [0.25, 0.3) is 16.9 Å². The molecule has 0 radical (unpaired) electrons. The molecule has 2 aromatic heterocycles. The van der Waals surface area contributed by atoms with Crippen molar-refractivity contribution in [3.63, 3.8) is 0 Å². The highest BCUT2D eigenvalue weighted by Crippen LogP contribution is 2.29. The van der Waals surface area contributed by atoms with Crippen molar-refractivity contribution in [2.45, 2.75) is 19.8 Å². The molecule has 0 saturated heterocycles. The van der Waals surface area contributed by atoms with Crippen LogP contribution in [0.3, 0.4) is 0 Å². The fourth-order valence-corrected chi connectivity index (χ4v) is 2.80. The molecule has 0 spiro atoms. The Balaban J connectivity index is 1.71. The summed E-state index contributed by atoms with van der Waals surface area (Å²) < 4.78 is 1.80. The minimum Gasteiger partial charge on any atom is -0.478 e. The van der Waals surface area contributed by atoms with E-state index in [1.165, 1.54) is 12.8 Å². The van der Waals surface area contributed by atoms with Gasteiger partial charge in [-0.1, -0.05) is 6.07 Å². The maximum Gasteiger partial charge on any atom is 0.335 e. The number of nitrogens with zero attached hydrogens (tertiary/aromatic N) is 3. The fraction of sp³-hybridized carbons (Fsp3) is 0.278. The first-order chi connectivity index (χ1) is 11.6. The highest BCUT2D eigenvalue weighted by Gasteiger charge is 2.21. The van der Waals surface area contributed by atoms with Crippen molar-refractivity contribution in [3.05, 3.63) is 47.7 Å². The third kappa shape index (κ3) is 2.71. The molecule has 0 amide bonds. The van der Waals surface area contributed by atoms with Gasteiger partial charge in [-0.3, -0.25) is 0 Å². The van der Waals surface area contributed by atoms with E-state index in [0.717, 1.165) is 40.7 Å². The number of anilines is 1. The monoisotopic (exact) mass is 322 g/mol. The van der Waals surface area contributed by atoms with Gasteiger partial charge in [0.1, 0.15) is 5.82 Å². The molecular formula is C18H18N4O2. The van der Waals surface area contributed by atoms with E-state index in [4.69, 9.17) is 5.11 Å². The molecule has 2 N–H and O–H groups in total. The number of carboxylic acid groups (broad SMARTS) is 1. The Hall–Kier alpha value is -2.89. The van der Waals surface area contributed by atoms with Crippen LogP contribution >= 0.6 is 0 Å². The number of nitrogens with one attached hydrogen (secondary N) is 1. The first kappa shape index (κ1) is 14.7. The van der Waals surface area contributed by atoms with E-state index in [0.29, 0.717) is 5.56 Å². The third-order valence-electron chi connectivity index (χ3n) is 4.38. The Labute approximate surface area is 139 Å². The maximum absolute atomic E-state index is 11.2. The van der Waals surface area contributed by atoms with E-state index < -0.39 is 5.97 Å². The van der Waals surface area contributed by atoms with Gasteiger partial charge in [0.05, 0.1) is 17.5 Å². The number of aromatic carboxylic acids is 1. The topological polar surface area (TPSA) is 79.5 Å². The predicted molar refractivity (Wildman–Crippen MR) is 91.3 cm³/mol. The summed E-state index contributed by atoms with van der Waals surface area (Å²) >= 11 is 0. The van der Waals surface area contributed by atoms with Crippen molar-refractivity contribution in [1.29, 1.82) is 0 Å². The molecule has 0 aliphatic heterocycles. The van der Waals surface area contributed by atoms with Crippen LogP contribution in [-0.4, -0.2) is 32.2 Å². The Morgan fingerprint density at radius 1 is 1.33 bits per heavy atom. The lowest BCUT2D eigenvalue weighted by Gasteiger charge is -2.08. The lowest BCUT2D eigenvalue weighted by atomic mass is 10.0. The molecule has 6 heteroatoms. The molecule has 24 heavy (non-hydrogen) atoms. The minimum atomic E-state index is -0.915. The Kier molecular flexibility index (Phi) is 3.45. The standard InChI is InChI=1S/C18H18N4O2/c1-11-8-13(4-5-14(11)18(23)24)15-10-20-17-7-6-16(21-22(15)17)19-9-12-2-3-12/h4-8,10,12H,2-3,9H2,1H3,(H,19,21)(H,23,24). The lowest BCUT2D eigenvalue weighted by molar-refractivity contribution is 0.0696. The summed E-state index contributed by atoms with van der Waals surface area (Å²) in [7, 11) is 0. The normalized spacial score (nSPS) is 14.0. The molecule has 6 nitrogen and oxygen atoms in total. The zero-order valence-electron chi connectivity index (χ0n) is 13.4. The van der Waals surface area contributed by atoms with E-state index in [2.05, 4.69) is 15.4 Å². The summed E-state index contributed by atoms with van der Waals surface area (Å²) in [6, 6.07) is 9.16. The summed E-state index contributed by atoms with van der Waals surface area (Å²) in [5, 5.41) is 17.2. The lowest BCUT2D eigenvalue weighted by Crippen LogP contribution is -2.07. The number of hydrogen-bond donors (Lipinski definition) is 2. The van der Waals surface area contributed by atoms with Gasteiger partial charge in [-0.25, -0.2) is 14.3 Å². The molecule has 122 valence electrons. The SMILES string of the molecule is Cc1cc(-c2cnc3ccc(NCC4CC4)nn23)ccc1C(=O)O. The molecule has 1 aliphatic rings. The second kappa shape index (κ2) is 5.63. The Morgan fingerprint density at radius 3 is 2.88 bits per heavy atom. The van der Waals surface area contributed by atoms with Crippen LogP contribution < -0.4 is 5.32 Å². The molecule has 1 aliphatic carbocycles. The van der Waals surface area contributed by atoms with Gasteiger partial charge in [0.15, 0.2) is 5.65 Å². The van der Waals surface area contributed by atoms with Crippen LogP contribution in [-0.2, 0) is 0 Å². The van der Waals surface area contributed by atoms with Crippen LogP contribution in [0.5, 0.6) is 0 Å². The molecule has 2 heterocycles. The van der Waals surface area contributed by atoms with E-state index in [1.54, 1.807) is 29.8 Å². The van der Waals surface area contributed by atoms with Gasteiger partial charge in [0.25, 0.3) is 0 Å². The zero-order valence-corrected chi connectivity index (χ0v) is 13.4. The quantitative estimate of drug-likeness (QED) is 0.754. The molecule has 3 aromatic rings. The van der Waals surface area contributed by atoms with Crippen LogP contribution in [0.15, 0.2) is 36.5 Å². The number of fused-ring (bicyclic) bond motifs is 1. The van der Waals surface area contributed by atoms with Crippen LogP contribution in [0.4, 0.5) is 5.82 Å². The van der Waals surface area contributed by atoms with Crippen molar-refractivity contribution in [2.75, 3.05) is 11.9 Å². The number of aryl methyl sites for hydroxylation is 1. The number of carboxylic acids is 1. The minimum absolute atomic E-state index is 0.312. The number of benzene rings is 1. The average Bonchev–Trinajstić information content (AvgIpc) is 3.30. The van der Waals surface area contributed by atoms with Gasteiger partial charge >= 0.3 is 5.97 Å². The smallest absolute Gasteiger partial charge is 0.335 e. The van der Waals surface area contributed by atoms with Gasteiger partial charge < -0.3 is 10.4 Å². The third-order valence-corrected chi connectivity index (χ3v) is 4.38. The zero-order chi connectivity index (χ0) is 16.7. The largest absolute Gasteiger partial charge is 0.478 e. The van der Waals surface area contributed by atoms with Crippen LogP contribution in [0.2, 0.25) is 0 Å². The summed E-state index contributed by atoms with van der Waals surface area (Å²) in [5.41, 5.74) is 3.55. The second-order valence-corrected chi connectivity index (χ2v) is 6.29. The summed E-state index contributed by atoms with van der Waals surface area (Å²) in [4.78, 5) is 15.6. The first-order valence-electron chi connectivity index (χ1n) is 8.05. The molecule has 0 unspecified atom stereocenters. The molecule has 1 fully saturated rings. The van der Waals surface area contributed by atoms with Gasteiger partial charge in [0, 0.05) is 12.1 Å². The first-order valence-corrected chi connectivity index (χ1v) is 8.05. The fourth-order valence-electron chi connectivity index (χ4n) is 2.80. The predicted octanol–water partition coefficient (Wildman–Crippen LogP) is 3.22. The second-order valence-electron chi connectivity index (χ2n) is 6.29. The van der Waals surface area contributed by atoms with E-state index in [1.807, 2.05) is 18.2 Å². The van der Waals surface area contributed by atoms with Crippen molar-refractivity contribution >= 4 is 17.4 Å². The van der Waals surface area contributed by atoms with E-state index >= 15 is 0 Å². The number of rotatable bonds is 5. The average molecular weight is 322 g/mol. The van der Waals surface area contributed by atoms with Crippen LogP contribution in [0.1, 0.15) is 28.8 Å². The molecule has 1 aromatic carbocycles. The number of aromatic nitrogens is 3. The van der Waals surface area contributed by atoms with Crippen molar-refractivity contribution < 1.29 is 9.90 Å². The van der Waals surface area contributed by atoms with E-state index in [-0.39, 0.29) is 0 Å². The molecule has 0 bridgehead atoms. The highest BCUT2D eigenvalue weighted by atomic mass is 16.4. The number of carbonyl (C=O) groups is 1. The molecular weight excluding hydrogens is 304 g/mol. The highest BCUT2D eigenvalue weighted by molar-refractivity contribution is 5.90. The van der Waals surface area contributed by atoms with Crippen molar-refractivity contribution in [1.82, 2.24) is 14.6 Å². The molecule has 1 saturated carbocycles.